The van der Waals surface area contributed by atoms with E-state index in [1.807, 2.05) is 35.2 Å². The minimum Gasteiger partial charge on any atom is -0.337 e. The molecule has 2 heterocycles. The van der Waals surface area contributed by atoms with Gasteiger partial charge in [-0.25, -0.2) is 4.98 Å². The van der Waals surface area contributed by atoms with Crippen molar-refractivity contribution in [2.45, 2.75) is 39.2 Å². The summed E-state index contributed by atoms with van der Waals surface area (Å²) in [5, 5.41) is 5.66. The summed E-state index contributed by atoms with van der Waals surface area (Å²) < 4.78 is 0. The van der Waals surface area contributed by atoms with E-state index in [0.717, 1.165) is 55.8 Å². The first-order valence-corrected chi connectivity index (χ1v) is 11.2. The number of rotatable bonds is 3. The molecule has 1 saturated heterocycles. The maximum Gasteiger partial charge on any atom is 0.253 e. The number of hydrogen-bond acceptors (Lipinski definition) is 4. The van der Waals surface area contributed by atoms with Crippen molar-refractivity contribution < 1.29 is 4.79 Å². The second kappa shape index (κ2) is 8.25. The van der Waals surface area contributed by atoms with Gasteiger partial charge in [-0.2, -0.15) is 0 Å². The number of fused-ring (bicyclic) bond motifs is 1. The quantitative estimate of drug-likeness (QED) is 0.617. The minimum absolute atomic E-state index is 0.102. The number of aromatic nitrogens is 1. The van der Waals surface area contributed by atoms with Crippen molar-refractivity contribution in [3.63, 3.8) is 0 Å². The fourth-order valence-corrected chi connectivity index (χ4v) is 4.69. The van der Waals surface area contributed by atoms with E-state index >= 15 is 0 Å². The highest BCUT2D eigenvalue weighted by atomic mass is 32.1. The zero-order chi connectivity index (χ0) is 20.4. The summed E-state index contributed by atoms with van der Waals surface area (Å²) in [4.78, 5) is 22.3. The topological polar surface area (TPSA) is 36.4 Å². The van der Waals surface area contributed by atoms with Gasteiger partial charge >= 0.3 is 0 Å². The van der Waals surface area contributed by atoms with Gasteiger partial charge in [-0.15, -0.1) is 11.3 Å². The van der Waals surface area contributed by atoms with Gasteiger partial charge in [0.2, 0.25) is 0 Å². The first-order valence-electron chi connectivity index (χ1n) is 10.4. The van der Waals surface area contributed by atoms with Crippen LogP contribution in [-0.2, 0) is 12.0 Å². The van der Waals surface area contributed by atoms with Gasteiger partial charge in [0.1, 0.15) is 0 Å². The molecule has 3 aromatic rings. The van der Waals surface area contributed by atoms with Crippen molar-refractivity contribution in [1.29, 1.82) is 0 Å². The SMILES string of the molecule is CC(C)(C)c1nc(CN2CCCN(C(=O)c3ccc4ccccc4c3)CC2)cs1. The molecule has 0 bridgehead atoms. The monoisotopic (exact) mass is 407 g/mol. The molecule has 1 fully saturated rings. The first kappa shape index (κ1) is 20.0. The second-order valence-electron chi connectivity index (χ2n) is 8.88. The van der Waals surface area contributed by atoms with E-state index in [-0.39, 0.29) is 11.3 Å². The van der Waals surface area contributed by atoms with Crippen molar-refractivity contribution in [2.24, 2.45) is 0 Å². The van der Waals surface area contributed by atoms with Gasteiger partial charge < -0.3 is 4.90 Å². The Balaban J connectivity index is 1.40. The predicted molar refractivity (Wildman–Crippen MR) is 121 cm³/mol. The number of thiazole rings is 1. The normalized spacial score (nSPS) is 16.2. The summed E-state index contributed by atoms with van der Waals surface area (Å²) in [6.07, 6.45) is 0.996. The fraction of sp³-hybridized carbons (Fsp3) is 0.417. The summed E-state index contributed by atoms with van der Waals surface area (Å²) in [6, 6.07) is 14.2. The van der Waals surface area contributed by atoms with Gasteiger partial charge in [0.25, 0.3) is 5.91 Å². The number of carbonyl (C=O) groups is 1. The smallest absolute Gasteiger partial charge is 0.253 e. The number of hydrogen-bond donors (Lipinski definition) is 0. The van der Waals surface area contributed by atoms with Gasteiger partial charge in [0.15, 0.2) is 0 Å². The van der Waals surface area contributed by atoms with Crippen molar-refractivity contribution in [2.75, 3.05) is 26.2 Å². The molecule has 29 heavy (non-hydrogen) atoms. The Kier molecular flexibility index (Phi) is 5.70. The van der Waals surface area contributed by atoms with E-state index < -0.39 is 0 Å². The van der Waals surface area contributed by atoms with Gasteiger partial charge in [-0.05, 0) is 29.3 Å². The molecule has 2 aromatic carbocycles. The molecule has 0 radical (unpaired) electrons. The Hall–Kier alpha value is -2.24. The predicted octanol–water partition coefficient (Wildman–Crippen LogP) is 4.94. The molecule has 1 aromatic heterocycles. The summed E-state index contributed by atoms with van der Waals surface area (Å²) in [5.41, 5.74) is 2.03. The molecule has 0 unspecified atom stereocenters. The third kappa shape index (κ3) is 4.68. The summed E-state index contributed by atoms with van der Waals surface area (Å²) in [7, 11) is 0. The van der Waals surface area contributed by atoms with Crippen LogP contribution in [0.4, 0.5) is 0 Å². The van der Waals surface area contributed by atoms with E-state index in [0.29, 0.717) is 0 Å². The highest BCUT2D eigenvalue weighted by molar-refractivity contribution is 7.09. The molecule has 1 aliphatic rings. The Morgan fingerprint density at radius 1 is 1.03 bits per heavy atom. The molecule has 1 aliphatic heterocycles. The van der Waals surface area contributed by atoms with Crippen molar-refractivity contribution >= 4 is 28.0 Å². The van der Waals surface area contributed by atoms with Crippen LogP contribution in [0.5, 0.6) is 0 Å². The van der Waals surface area contributed by atoms with Crippen LogP contribution in [0.25, 0.3) is 10.8 Å². The van der Waals surface area contributed by atoms with Crippen LogP contribution in [0.1, 0.15) is 48.3 Å². The third-order valence-corrected chi connectivity index (χ3v) is 6.77. The van der Waals surface area contributed by atoms with Crippen molar-refractivity contribution in [3.8, 4) is 0 Å². The van der Waals surface area contributed by atoms with Crippen molar-refractivity contribution in [1.82, 2.24) is 14.8 Å². The van der Waals surface area contributed by atoms with E-state index in [1.165, 1.54) is 10.4 Å². The number of nitrogens with zero attached hydrogens (tertiary/aromatic N) is 3. The number of carbonyl (C=O) groups excluding carboxylic acids is 1. The van der Waals surface area contributed by atoms with Gasteiger partial charge in [-0.1, -0.05) is 51.1 Å². The standard InChI is InChI=1S/C24H29N3OS/c1-24(2,3)23-25-21(17-29-23)16-26-11-6-12-27(14-13-26)22(28)20-10-9-18-7-4-5-8-19(18)15-20/h4-5,7-10,15,17H,6,11-14,16H2,1-3H3. The Bertz CT molecular complexity index is 1000. The first-order chi connectivity index (χ1) is 13.9. The molecule has 5 heteroatoms. The van der Waals surface area contributed by atoms with Gasteiger partial charge in [0, 0.05) is 49.1 Å². The Morgan fingerprint density at radius 2 is 1.83 bits per heavy atom. The van der Waals surface area contributed by atoms with Crippen LogP contribution >= 0.6 is 11.3 Å². The maximum atomic E-state index is 13.1. The van der Waals surface area contributed by atoms with E-state index in [1.54, 1.807) is 11.3 Å². The molecule has 0 saturated carbocycles. The molecule has 4 rings (SSSR count). The lowest BCUT2D eigenvalue weighted by atomic mass is 9.98. The number of benzene rings is 2. The Morgan fingerprint density at radius 3 is 2.59 bits per heavy atom. The van der Waals surface area contributed by atoms with E-state index in [9.17, 15) is 4.79 Å². The molecule has 4 nitrogen and oxygen atoms in total. The highest BCUT2D eigenvalue weighted by Gasteiger charge is 2.22. The zero-order valence-corrected chi connectivity index (χ0v) is 18.3. The highest BCUT2D eigenvalue weighted by Crippen LogP contribution is 2.26. The molecule has 1 amide bonds. The van der Waals surface area contributed by atoms with Gasteiger partial charge in [-0.3, -0.25) is 9.69 Å². The molecule has 0 spiro atoms. The molecule has 0 aliphatic carbocycles. The van der Waals surface area contributed by atoms with E-state index in [4.69, 9.17) is 4.98 Å². The summed E-state index contributed by atoms with van der Waals surface area (Å²) in [6.45, 7) is 11.0. The van der Waals surface area contributed by atoms with Crippen LogP contribution in [0, 0.1) is 0 Å². The van der Waals surface area contributed by atoms with Crippen molar-refractivity contribution in [3.05, 3.63) is 64.1 Å². The van der Waals surface area contributed by atoms with Crippen LogP contribution in [0.3, 0.4) is 0 Å². The third-order valence-electron chi connectivity index (χ3n) is 5.45. The zero-order valence-electron chi connectivity index (χ0n) is 17.5. The molecular weight excluding hydrogens is 378 g/mol. The second-order valence-corrected chi connectivity index (χ2v) is 9.74. The lowest BCUT2D eigenvalue weighted by Crippen LogP contribution is -2.35. The fourth-order valence-electron chi connectivity index (χ4n) is 3.79. The van der Waals surface area contributed by atoms with Crippen LogP contribution in [0.2, 0.25) is 0 Å². The molecular formula is C24H29N3OS. The molecule has 0 atom stereocenters. The average molecular weight is 408 g/mol. The molecule has 152 valence electrons. The summed E-state index contributed by atoms with van der Waals surface area (Å²) >= 11 is 1.75. The van der Waals surface area contributed by atoms with Gasteiger partial charge in [0.05, 0.1) is 10.7 Å². The van der Waals surface area contributed by atoms with Crippen LogP contribution in [-0.4, -0.2) is 46.9 Å². The van der Waals surface area contributed by atoms with Crippen LogP contribution in [0.15, 0.2) is 47.8 Å². The lowest BCUT2D eigenvalue weighted by molar-refractivity contribution is 0.0761. The maximum absolute atomic E-state index is 13.1. The lowest BCUT2D eigenvalue weighted by Gasteiger charge is -2.22. The van der Waals surface area contributed by atoms with E-state index in [2.05, 4.69) is 43.2 Å². The average Bonchev–Trinajstić information content (AvgIpc) is 3.06. The summed E-state index contributed by atoms with van der Waals surface area (Å²) in [5.74, 6) is 0.140. The van der Waals surface area contributed by atoms with Crippen LogP contribution < -0.4 is 0 Å². The number of amides is 1. The minimum atomic E-state index is 0.102. The largest absolute Gasteiger partial charge is 0.337 e. The Labute approximate surface area is 177 Å². The molecule has 0 N–H and O–H groups in total.